The summed E-state index contributed by atoms with van der Waals surface area (Å²) in [7, 11) is 0. The van der Waals surface area contributed by atoms with Gasteiger partial charge in [0, 0.05) is 30.5 Å². The Morgan fingerprint density at radius 1 is 1.28 bits per heavy atom. The number of hydrogen-bond acceptors (Lipinski definition) is 2. The van der Waals surface area contributed by atoms with Crippen LogP contribution in [0, 0.1) is 17.3 Å². The molecule has 0 amide bonds. The number of hydrogen-bond donors (Lipinski definition) is 0. The third-order valence-electron chi connectivity index (χ3n) is 4.51. The summed E-state index contributed by atoms with van der Waals surface area (Å²) >= 11 is 0. The molecule has 2 saturated carbocycles. The number of ketones is 1. The SMILES string of the molecule is CC(C)CN(CC1CCCC(C)(C)C1=O)C1CC1. The first-order valence-corrected chi connectivity index (χ1v) is 7.68. The fraction of sp³-hybridized carbons (Fsp3) is 0.938. The second-order valence-corrected chi connectivity index (χ2v) is 7.42. The van der Waals surface area contributed by atoms with Crippen LogP contribution in [0.25, 0.3) is 0 Å². The molecule has 0 aliphatic heterocycles. The normalized spacial score (nSPS) is 28.1. The molecule has 2 fully saturated rings. The highest BCUT2D eigenvalue weighted by Gasteiger charge is 2.39. The van der Waals surface area contributed by atoms with Gasteiger partial charge in [0.15, 0.2) is 0 Å². The standard InChI is InChI=1S/C16H29NO/c1-12(2)10-17(14-7-8-14)11-13-6-5-9-16(3,4)15(13)18/h12-14H,5-11H2,1-4H3. The van der Waals surface area contributed by atoms with Crippen molar-refractivity contribution in [1.29, 1.82) is 0 Å². The Morgan fingerprint density at radius 3 is 2.50 bits per heavy atom. The molecule has 0 aromatic heterocycles. The lowest BCUT2D eigenvalue weighted by atomic mass is 9.71. The maximum Gasteiger partial charge on any atom is 0.142 e. The number of rotatable bonds is 5. The van der Waals surface area contributed by atoms with Crippen LogP contribution in [0.4, 0.5) is 0 Å². The van der Waals surface area contributed by atoms with Crippen molar-refractivity contribution in [2.45, 2.75) is 65.8 Å². The average Bonchev–Trinajstić information content (AvgIpc) is 3.06. The molecule has 0 aromatic carbocycles. The van der Waals surface area contributed by atoms with Gasteiger partial charge in [-0.15, -0.1) is 0 Å². The van der Waals surface area contributed by atoms with Gasteiger partial charge in [0.1, 0.15) is 5.78 Å². The van der Waals surface area contributed by atoms with Crippen LogP contribution in [0.1, 0.15) is 59.8 Å². The minimum Gasteiger partial charge on any atom is -0.299 e. The van der Waals surface area contributed by atoms with Crippen molar-refractivity contribution in [3.05, 3.63) is 0 Å². The Labute approximate surface area is 112 Å². The van der Waals surface area contributed by atoms with Crippen LogP contribution >= 0.6 is 0 Å². The van der Waals surface area contributed by atoms with Crippen molar-refractivity contribution in [3.63, 3.8) is 0 Å². The fourth-order valence-electron chi connectivity index (χ4n) is 3.34. The first-order chi connectivity index (χ1) is 8.40. The summed E-state index contributed by atoms with van der Waals surface area (Å²) in [6.07, 6.45) is 6.11. The van der Waals surface area contributed by atoms with Gasteiger partial charge in [-0.2, -0.15) is 0 Å². The molecule has 2 aliphatic rings. The fourth-order valence-corrected chi connectivity index (χ4v) is 3.34. The second kappa shape index (κ2) is 5.32. The van der Waals surface area contributed by atoms with E-state index in [2.05, 4.69) is 32.6 Å². The average molecular weight is 251 g/mol. The van der Waals surface area contributed by atoms with Crippen molar-refractivity contribution >= 4 is 5.78 Å². The predicted molar refractivity (Wildman–Crippen MR) is 75.6 cm³/mol. The first kappa shape index (κ1) is 14.0. The molecule has 18 heavy (non-hydrogen) atoms. The number of carbonyl (C=O) groups is 1. The van der Waals surface area contributed by atoms with E-state index >= 15 is 0 Å². The van der Waals surface area contributed by atoms with E-state index < -0.39 is 0 Å². The van der Waals surface area contributed by atoms with Crippen LogP contribution < -0.4 is 0 Å². The highest BCUT2D eigenvalue weighted by molar-refractivity contribution is 5.87. The lowest BCUT2D eigenvalue weighted by Crippen LogP contribution is -2.43. The molecule has 104 valence electrons. The maximum absolute atomic E-state index is 12.5. The zero-order valence-electron chi connectivity index (χ0n) is 12.5. The summed E-state index contributed by atoms with van der Waals surface area (Å²) in [6.45, 7) is 11.0. The van der Waals surface area contributed by atoms with Gasteiger partial charge < -0.3 is 0 Å². The lowest BCUT2D eigenvalue weighted by molar-refractivity contribution is -0.135. The maximum atomic E-state index is 12.5. The zero-order valence-corrected chi connectivity index (χ0v) is 12.5. The topological polar surface area (TPSA) is 20.3 Å². The van der Waals surface area contributed by atoms with E-state index in [9.17, 15) is 4.79 Å². The van der Waals surface area contributed by atoms with Gasteiger partial charge in [0.05, 0.1) is 0 Å². The number of nitrogens with zero attached hydrogens (tertiary/aromatic N) is 1. The van der Waals surface area contributed by atoms with Crippen LogP contribution in [0.15, 0.2) is 0 Å². The summed E-state index contributed by atoms with van der Waals surface area (Å²) in [5, 5.41) is 0. The van der Waals surface area contributed by atoms with Crippen LogP contribution in [-0.2, 0) is 4.79 Å². The molecular weight excluding hydrogens is 222 g/mol. The van der Waals surface area contributed by atoms with Gasteiger partial charge in [-0.3, -0.25) is 9.69 Å². The van der Waals surface area contributed by atoms with Gasteiger partial charge in [0.2, 0.25) is 0 Å². The summed E-state index contributed by atoms with van der Waals surface area (Å²) in [4.78, 5) is 15.1. The third-order valence-corrected chi connectivity index (χ3v) is 4.51. The van der Waals surface area contributed by atoms with Crippen LogP contribution in [0.2, 0.25) is 0 Å². The highest BCUT2D eigenvalue weighted by atomic mass is 16.1. The van der Waals surface area contributed by atoms with Crippen molar-refractivity contribution < 1.29 is 4.79 Å². The number of carbonyl (C=O) groups excluding carboxylic acids is 1. The Bertz CT molecular complexity index is 304. The van der Waals surface area contributed by atoms with E-state index in [1.165, 1.54) is 19.3 Å². The first-order valence-electron chi connectivity index (χ1n) is 7.68. The summed E-state index contributed by atoms with van der Waals surface area (Å²) < 4.78 is 0. The molecule has 2 heteroatoms. The molecule has 0 spiro atoms. The van der Waals surface area contributed by atoms with Crippen molar-refractivity contribution in [1.82, 2.24) is 4.90 Å². The molecule has 0 N–H and O–H groups in total. The predicted octanol–water partition coefficient (Wildman–Crippen LogP) is 3.50. The molecule has 2 nitrogen and oxygen atoms in total. The van der Waals surface area contributed by atoms with Gasteiger partial charge in [-0.1, -0.05) is 34.1 Å². The lowest BCUT2D eigenvalue weighted by Gasteiger charge is -2.36. The van der Waals surface area contributed by atoms with E-state index in [-0.39, 0.29) is 5.41 Å². The van der Waals surface area contributed by atoms with E-state index in [1.54, 1.807) is 0 Å². The van der Waals surface area contributed by atoms with Crippen LogP contribution in [0.3, 0.4) is 0 Å². The Balaban J connectivity index is 1.95. The van der Waals surface area contributed by atoms with Crippen molar-refractivity contribution in [3.8, 4) is 0 Å². The van der Waals surface area contributed by atoms with Crippen molar-refractivity contribution in [2.75, 3.05) is 13.1 Å². The zero-order chi connectivity index (χ0) is 13.3. The summed E-state index contributed by atoms with van der Waals surface area (Å²) in [6, 6.07) is 0.783. The van der Waals surface area contributed by atoms with E-state index in [0.29, 0.717) is 17.6 Å². The van der Waals surface area contributed by atoms with Crippen molar-refractivity contribution in [2.24, 2.45) is 17.3 Å². The molecule has 0 bridgehead atoms. The van der Waals surface area contributed by atoms with Gasteiger partial charge in [-0.05, 0) is 31.6 Å². The monoisotopic (exact) mass is 251 g/mol. The highest BCUT2D eigenvalue weighted by Crippen LogP contribution is 2.37. The van der Waals surface area contributed by atoms with E-state index in [1.807, 2.05) is 0 Å². The number of Topliss-reactive ketones (excluding diaryl/α,β-unsaturated/α-hetero) is 1. The Morgan fingerprint density at radius 2 is 1.94 bits per heavy atom. The largest absolute Gasteiger partial charge is 0.299 e. The molecule has 0 aromatic rings. The molecule has 0 radical (unpaired) electrons. The summed E-state index contributed by atoms with van der Waals surface area (Å²) in [5.41, 5.74) is -0.0734. The minimum atomic E-state index is -0.0734. The Kier molecular flexibility index (Phi) is 4.15. The van der Waals surface area contributed by atoms with E-state index in [0.717, 1.165) is 32.0 Å². The van der Waals surface area contributed by atoms with Gasteiger partial charge in [0.25, 0.3) is 0 Å². The van der Waals surface area contributed by atoms with Gasteiger partial charge >= 0.3 is 0 Å². The minimum absolute atomic E-state index is 0.0734. The van der Waals surface area contributed by atoms with Crippen LogP contribution in [0.5, 0.6) is 0 Å². The van der Waals surface area contributed by atoms with E-state index in [4.69, 9.17) is 0 Å². The quantitative estimate of drug-likeness (QED) is 0.745. The molecule has 0 heterocycles. The second-order valence-electron chi connectivity index (χ2n) is 7.42. The Hall–Kier alpha value is -0.370. The smallest absolute Gasteiger partial charge is 0.142 e. The molecule has 2 aliphatic carbocycles. The molecule has 1 unspecified atom stereocenters. The van der Waals surface area contributed by atoms with Crippen LogP contribution in [-0.4, -0.2) is 29.8 Å². The molecule has 1 atom stereocenters. The molecular formula is C16H29NO. The molecule has 0 saturated heterocycles. The molecule has 2 rings (SSSR count). The summed E-state index contributed by atoms with van der Waals surface area (Å²) in [5.74, 6) is 1.52. The third kappa shape index (κ3) is 3.34. The van der Waals surface area contributed by atoms with Gasteiger partial charge in [-0.25, -0.2) is 0 Å².